The van der Waals surface area contributed by atoms with E-state index in [-0.39, 0.29) is 12.1 Å². The minimum absolute atomic E-state index is 0.0243. The molecule has 2 aromatic heterocycles. The number of aryl methyl sites for hydroxylation is 1. The highest BCUT2D eigenvalue weighted by Gasteiger charge is 2.45. The second kappa shape index (κ2) is 8.05. The summed E-state index contributed by atoms with van der Waals surface area (Å²) >= 11 is 12.0. The second-order valence-corrected chi connectivity index (χ2v) is 8.96. The van der Waals surface area contributed by atoms with E-state index < -0.39 is 0 Å². The SMILES string of the molecule is Cc1ccc(Cl)cc1-c1ccc([C@@H]2[C@H](c3ccccn3)NC(=S)N2C2CCCC2)o1. The number of benzene rings is 1. The van der Waals surface area contributed by atoms with Crippen molar-refractivity contribution >= 4 is 28.9 Å². The molecule has 0 bridgehead atoms. The van der Waals surface area contributed by atoms with Crippen LogP contribution >= 0.6 is 23.8 Å². The van der Waals surface area contributed by atoms with E-state index in [4.69, 9.17) is 28.2 Å². The average molecular weight is 438 g/mol. The van der Waals surface area contributed by atoms with Gasteiger partial charge in [0.25, 0.3) is 0 Å². The molecule has 1 saturated carbocycles. The molecule has 3 heterocycles. The molecule has 0 unspecified atom stereocenters. The summed E-state index contributed by atoms with van der Waals surface area (Å²) in [6.07, 6.45) is 6.65. The van der Waals surface area contributed by atoms with E-state index >= 15 is 0 Å². The Labute approximate surface area is 187 Å². The van der Waals surface area contributed by atoms with Crippen molar-refractivity contribution in [3.05, 3.63) is 76.8 Å². The van der Waals surface area contributed by atoms with Crippen LogP contribution in [0, 0.1) is 6.92 Å². The number of halogens is 1. The molecule has 30 heavy (non-hydrogen) atoms. The minimum Gasteiger partial charge on any atom is -0.459 e. The summed E-state index contributed by atoms with van der Waals surface area (Å²) in [6, 6.07) is 16.4. The predicted octanol–water partition coefficient (Wildman–Crippen LogP) is 6.22. The van der Waals surface area contributed by atoms with Crippen LogP contribution in [0.15, 0.2) is 59.1 Å². The van der Waals surface area contributed by atoms with Gasteiger partial charge in [-0.25, -0.2) is 0 Å². The van der Waals surface area contributed by atoms with E-state index in [0.717, 1.165) is 46.3 Å². The summed E-state index contributed by atoms with van der Waals surface area (Å²) in [5.74, 6) is 1.73. The Kier molecular flexibility index (Phi) is 5.25. The van der Waals surface area contributed by atoms with E-state index in [2.05, 4.69) is 34.3 Å². The van der Waals surface area contributed by atoms with Crippen LogP contribution < -0.4 is 5.32 Å². The van der Waals surface area contributed by atoms with Gasteiger partial charge in [-0.3, -0.25) is 4.98 Å². The summed E-state index contributed by atoms with van der Waals surface area (Å²) < 4.78 is 6.45. The van der Waals surface area contributed by atoms with Crippen LogP contribution in [0.5, 0.6) is 0 Å². The van der Waals surface area contributed by atoms with Crippen LogP contribution in [0.25, 0.3) is 11.3 Å². The maximum atomic E-state index is 6.45. The molecule has 1 aromatic carbocycles. The van der Waals surface area contributed by atoms with E-state index in [0.29, 0.717) is 11.1 Å². The van der Waals surface area contributed by atoms with Gasteiger partial charge >= 0.3 is 0 Å². The standard InChI is InChI=1S/C24H24ClN3OS/c1-15-9-10-16(25)14-18(15)20-11-12-21(29-20)23-22(19-8-4-5-13-26-19)27-24(30)28(23)17-6-2-3-7-17/h4-5,8-14,17,22-23H,2-3,6-7H2,1H3,(H,27,30)/t22-,23+/m0/s1. The number of thiocarbonyl (C=S) groups is 1. The van der Waals surface area contributed by atoms with Crippen molar-refractivity contribution in [2.75, 3.05) is 0 Å². The third-order valence-corrected chi connectivity index (χ3v) is 6.80. The van der Waals surface area contributed by atoms with Gasteiger partial charge in [-0.1, -0.05) is 36.6 Å². The van der Waals surface area contributed by atoms with Crippen LogP contribution in [0.3, 0.4) is 0 Å². The Morgan fingerprint density at radius 2 is 1.97 bits per heavy atom. The number of hydrogen-bond donors (Lipinski definition) is 1. The van der Waals surface area contributed by atoms with Crippen molar-refractivity contribution in [3.63, 3.8) is 0 Å². The van der Waals surface area contributed by atoms with Crippen molar-refractivity contribution in [3.8, 4) is 11.3 Å². The number of aromatic nitrogens is 1. The molecule has 6 heteroatoms. The molecule has 0 spiro atoms. The van der Waals surface area contributed by atoms with Crippen molar-refractivity contribution in [1.29, 1.82) is 0 Å². The molecule has 0 radical (unpaired) electrons. The lowest BCUT2D eigenvalue weighted by atomic mass is 10.0. The highest BCUT2D eigenvalue weighted by Crippen LogP contribution is 2.44. The van der Waals surface area contributed by atoms with Crippen molar-refractivity contribution in [2.24, 2.45) is 0 Å². The summed E-state index contributed by atoms with van der Waals surface area (Å²) in [5.41, 5.74) is 3.13. The lowest BCUT2D eigenvalue weighted by molar-refractivity contribution is 0.218. The monoisotopic (exact) mass is 437 g/mol. The van der Waals surface area contributed by atoms with Gasteiger partial charge in [0.05, 0.1) is 11.7 Å². The van der Waals surface area contributed by atoms with Gasteiger partial charge in [-0.15, -0.1) is 0 Å². The van der Waals surface area contributed by atoms with Crippen molar-refractivity contribution in [2.45, 2.75) is 50.7 Å². The topological polar surface area (TPSA) is 41.3 Å². The highest BCUT2D eigenvalue weighted by atomic mass is 35.5. The number of pyridine rings is 1. The van der Waals surface area contributed by atoms with Crippen LogP contribution in [0.4, 0.5) is 0 Å². The molecular formula is C24H24ClN3OS. The van der Waals surface area contributed by atoms with E-state index in [9.17, 15) is 0 Å². The first kappa shape index (κ1) is 19.6. The Hall–Kier alpha value is -2.37. The van der Waals surface area contributed by atoms with Crippen LogP contribution in [-0.4, -0.2) is 21.0 Å². The molecule has 2 fully saturated rings. The van der Waals surface area contributed by atoms with E-state index in [1.165, 1.54) is 12.8 Å². The minimum atomic E-state index is -0.0428. The highest BCUT2D eigenvalue weighted by molar-refractivity contribution is 7.80. The summed E-state index contributed by atoms with van der Waals surface area (Å²) in [4.78, 5) is 6.97. The third kappa shape index (κ3) is 3.50. The molecule has 3 aromatic rings. The summed E-state index contributed by atoms with van der Waals surface area (Å²) in [7, 11) is 0. The lowest BCUT2D eigenvalue weighted by Gasteiger charge is -2.31. The second-order valence-electron chi connectivity index (χ2n) is 8.13. The first-order valence-electron chi connectivity index (χ1n) is 10.5. The zero-order chi connectivity index (χ0) is 20.7. The molecule has 0 amide bonds. The zero-order valence-corrected chi connectivity index (χ0v) is 18.4. The molecule has 154 valence electrons. The van der Waals surface area contributed by atoms with Gasteiger partial charge in [0.15, 0.2) is 5.11 Å². The lowest BCUT2D eigenvalue weighted by Crippen LogP contribution is -2.37. The normalized spacial score (nSPS) is 21.9. The maximum Gasteiger partial charge on any atom is 0.170 e. The van der Waals surface area contributed by atoms with Crippen molar-refractivity contribution < 1.29 is 4.42 Å². The van der Waals surface area contributed by atoms with Gasteiger partial charge in [0, 0.05) is 22.8 Å². The van der Waals surface area contributed by atoms with Gasteiger partial charge in [-0.2, -0.15) is 0 Å². The molecular weight excluding hydrogens is 414 g/mol. The largest absolute Gasteiger partial charge is 0.459 e. The number of furan rings is 1. The fourth-order valence-electron chi connectivity index (χ4n) is 4.76. The number of nitrogens with zero attached hydrogens (tertiary/aromatic N) is 2. The number of rotatable bonds is 4. The fraction of sp³-hybridized carbons (Fsp3) is 0.333. The number of nitrogens with one attached hydrogen (secondary N) is 1. The molecule has 4 nitrogen and oxygen atoms in total. The third-order valence-electron chi connectivity index (χ3n) is 6.24. The Balaban J connectivity index is 1.56. The maximum absolute atomic E-state index is 6.45. The average Bonchev–Trinajstić information content (AvgIpc) is 3.49. The molecule has 1 saturated heterocycles. The molecule has 2 atom stereocenters. The number of hydrogen-bond acceptors (Lipinski definition) is 3. The van der Waals surface area contributed by atoms with E-state index in [1.807, 2.05) is 42.6 Å². The van der Waals surface area contributed by atoms with Gasteiger partial charge < -0.3 is 14.6 Å². The first-order valence-corrected chi connectivity index (χ1v) is 11.3. The van der Waals surface area contributed by atoms with E-state index in [1.54, 1.807) is 0 Å². The van der Waals surface area contributed by atoms with Gasteiger partial charge in [0.2, 0.25) is 0 Å². The van der Waals surface area contributed by atoms with Gasteiger partial charge in [0.1, 0.15) is 17.6 Å². The van der Waals surface area contributed by atoms with Crippen molar-refractivity contribution in [1.82, 2.24) is 15.2 Å². The Bertz CT molecular complexity index is 1060. The molecule has 5 rings (SSSR count). The summed E-state index contributed by atoms with van der Waals surface area (Å²) in [5, 5.41) is 5.02. The van der Waals surface area contributed by atoms with Crippen LogP contribution in [-0.2, 0) is 0 Å². The van der Waals surface area contributed by atoms with Crippen LogP contribution in [0.1, 0.15) is 54.8 Å². The Morgan fingerprint density at radius 3 is 2.73 bits per heavy atom. The first-order chi connectivity index (χ1) is 14.6. The summed E-state index contributed by atoms with van der Waals surface area (Å²) in [6.45, 7) is 2.07. The zero-order valence-electron chi connectivity index (χ0n) is 16.8. The smallest absolute Gasteiger partial charge is 0.170 e. The molecule has 1 N–H and O–H groups in total. The Morgan fingerprint density at radius 1 is 1.13 bits per heavy atom. The van der Waals surface area contributed by atoms with Gasteiger partial charge in [-0.05, 0) is 73.9 Å². The molecule has 1 aliphatic carbocycles. The molecule has 2 aliphatic rings. The fourth-order valence-corrected chi connectivity index (χ4v) is 5.32. The quantitative estimate of drug-likeness (QED) is 0.491. The van der Waals surface area contributed by atoms with Crippen LogP contribution in [0.2, 0.25) is 5.02 Å². The predicted molar refractivity (Wildman–Crippen MR) is 123 cm³/mol. The molecule has 1 aliphatic heterocycles.